The van der Waals surface area contributed by atoms with Gasteiger partial charge < -0.3 is 0 Å². The monoisotopic (exact) mass is 399 g/mol. The van der Waals surface area contributed by atoms with Crippen LogP contribution >= 0.6 is 0 Å². The molecule has 0 amide bonds. The summed E-state index contributed by atoms with van der Waals surface area (Å²) in [5.41, 5.74) is -0.921. The summed E-state index contributed by atoms with van der Waals surface area (Å²) in [5.74, 6) is -0.566. The SMILES string of the molecule is Cc1cc(F)ccc1-c1cc(C(F)(F)F)nn1NS(=O)(=O)c1ccccc1. The summed E-state index contributed by atoms with van der Waals surface area (Å²) in [6.45, 7) is 1.49. The highest BCUT2D eigenvalue weighted by Crippen LogP contribution is 2.33. The van der Waals surface area contributed by atoms with Gasteiger partial charge in [-0.05, 0) is 48.9 Å². The van der Waals surface area contributed by atoms with Gasteiger partial charge in [-0.15, -0.1) is 5.10 Å². The van der Waals surface area contributed by atoms with Crippen LogP contribution in [0.4, 0.5) is 17.6 Å². The van der Waals surface area contributed by atoms with Crippen molar-refractivity contribution in [2.24, 2.45) is 0 Å². The average molecular weight is 399 g/mol. The first-order valence-electron chi connectivity index (χ1n) is 7.59. The second-order valence-corrected chi connectivity index (χ2v) is 7.35. The van der Waals surface area contributed by atoms with Gasteiger partial charge in [-0.1, -0.05) is 18.2 Å². The Hall–Kier alpha value is -2.88. The molecule has 27 heavy (non-hydrogen) atoms. The molecule has 0 fully saturated rings. The normalized spacial score (nSPS) is 12.2. The molecule has 3 rings (SSSR count). The minimum absolute atomic E-state index is 0.143. The molecule has 1 N–H and O–H groups in total. The van der Waals surface area contributed by atoms with Gasteiger partial charge >= 0.3 is 6.18 Å². The predicted molar refractivity (Wildman–Crippen MR) is 90.3 cm³/mol. The third kappa shape index (κ3) is 3.95. The van der Waals surface area contributed by atoms with Gasteiger partial charge in [0.05, 0.1) is 10.6 Å². The molecule has 2 aromatic carbocycles. The fourth-order valence-electron chi connectivity index (χ4n) is 2.46. The van der Waals surface area contributed by atoms with Gasteiger partial charge in [-0.3, -0.25) is 0 Å². The molecule has 1 aromatic heterocycles. The number of hydrogen-bond acceptors (Lipinski definition) is 3. The Kier molecular flexibility index (Phi) is 4.68. The topological polar surface area (TPSA) is 64.0 Å². The number of halogens is 4. The zero-order valence-corrected chi connectivity index (χ0v) is 14.6. The number of benzene rings is 2. The maximum absolute atomic E-state index is 13.3. The lowest BCUT2D eigenvalue weighted by atomic mass is 10.1. The molecule has 0 radical (unpaired) electrons. The second kappa shape index (κ2) is 6.69. The quantitative estimate of drug-likeness (QED) is 0.676. The summed E-state index contributed by atoms with van der Waals surface area (Å²) in [7, 11) is -4.19. The van der Waals surface area contributed by atoms with E-state index >= 15 is 0 Å². The summed E-state index contributed by atoms with van der Waals surface area (Å²) in [6, 6.07) is 11.3. The molecule has 0 aliphatic rings. The lowest BCUT2D eigenvalue weighted by Gasteiger charge is -2.12. The largest absolute Gasteiger partial charge is 0.435 e. The Labute approximate surface area is 152 Å². The lowest BCUT2D eigenvalue weighted by Crippen LogP contribution is -2.25. The van der Waals surface area contributed by atoms with E-state index in [0.29, 0.717) is 16.4 Å². The number of nitrogens with zero attached hydrogens (tertiary/aromatic N) is 2. The molecule has 0 aliphatic carbocycles. The van der Waals surface area contributed by atoms with Crippen LogP contribution < -0.4 is 4.83 Å². The maximum atomic E-state index is 13.3. The first-order chi connectivity index (χ1) is 12.6. The molecule has 0 spiro atoms. The van der Waals surface area contributed by atoms with Crippen LogP contribution in [0, 0.1) is 12.7 Å². The molecule has 0 unspecified atom stereocenters. The Balaban J connectivity index is 2.13. The van der Waals surface area contributed by atoms with Crippen LogP contribution in [0.1, 0.15) is 11.3 Å². The van der Waals surface area contributed by atoms with Crippen molar-refractivity contribution in [2.45, 2.75) is 18.0 Å². The van der Waals surface area contributed by atoms with Crippen molar-refractivity contribution >= 4 is 10.0 Å². The molecule has 0 aliphatic heterocycles. The first-order valence-corrected chi connectivity index (χ1v) is 9.08. The van der Waals surface area contributed by atoms with Crippen LogP contribution in [0.25, 0.3) is 11.3 Å². The number of hydrogen-bond donors (Lipinski definition) is 1. The van der Waals surface area contributed by atoms with Gasteiger partial charge in [0.2, 0.25) is 0 Å². The van der Waals surface area contributed by atoms with E-state index in [1.54, 1.807) is 6.07 Å². The van der Waals surface area contributed by atoms with Gasteiger partial charge in [0.15, 0.2) is 5.69 Å². The fourth-order valence-corrected chi connectivity index (χ4v) is 3.45. The van der Waals surface area contributed by atoms with Crippen molar-refractivity contribution in [1.29, 1.82) is 0 Å². The Morgan fingerprint density at radius 1 is 1.04 bits per heavy atom. The molecule has 0 atom stereocenters. The summed E-state index contributed by atoms with van der Waals surface area (Å²) in [6.07, 6.45) is -4.79. The van der Waals surface area contributed by atoms with Gasteiger partial charge in [0.1, 0.15) is 5.82 Å². The second-order valence-electron chi connectivity index (χ2n) is 5.69. The van der Waals surface area contributed by atoms with Crippen molar-refractivity contribution < 1.29 is 26.0 Å². The van der Waals surface area contributed by atoms with Gasteiger partial charge in [-0.2, -0.15) is 31.2 Å². The third-order valence-corrected chi connectivity index (χ3v) is 5.03. The summed E-state index contributed by atoms with van der Waals surface area (Å²) < 4.78 is 77.6. The zero-order chi connectivity index (χ0) is 19.8. The van der Waals surface area contributed by atoms with E-state index in [2.05, 4.69) is 5.10 Å². The highest BCUT2D eigenvalue weighted by Gasteiger charge is 2.36. The van der Waals surface area contributed by atoms with E-state index in [0.717, 1.165) is 12.1 Å². The third-order valence-electron chi connectivity index (χ3n) is 3.72. The van der Waals surface area contributed by atoms with Crippen molar-refractivity contribution in [2.75, 3.05) is 4.83 Å². The van der Waals surface area contributed by atoms with Crippen LogP contribution in [-0.2, 0) is 16.2 Å². The standard InChI is InChI=1S/C17H13F4N3O2S/c1-11-9-12(18)7-8-14(11)15-10-16(17(19,20)21)22-24(15)23-27(25,26)13-5-3-2-4-6-13/h2-10,23H,1H3. The zero-order valence-electron chi connectivity index (χ0n) is 13.8. The van der Waals surface area contributed by atoms with E-state index in [1.165, 1.54) is 37.3 Å². The van der Waals surface area contributed by atoms with Crippen LogP contribution in [0.3, 0.4) is 0 Å². The Morgan fingerprint density at radius 3 is 2.30 bits per heavy atom. The molecule has 0 saturated heterocycles. The number of rotatable bonds is 4. The molecule has 1 heterocycles. The number of aromatic nitrogens is 2. The molecule has 0 saturated carbocycles. The van der Waals surface area contributed by atoms with Crippen molar-refractivity contribution in [3.8, 4) is 11.3 Å². The van der Waals surface area contributed by atoms with E-state index in [9.17, 15) is 26.0 Å². The Bertz CT molecular complexity index is 1080. The smallest absolute Gasteiger partial charge is 0.207 e. The van der Waals surface area contributed by atoms with Crippen molar-refractivity contribution in [1.82, 2.24) is 9.89 Å². The minimum Gasteiger partial charge on any atom is -0.207 e. The lowest BCUT2D eigenvalue weighted by molar-refractivity contribution is -0.141. The van der Waals surface area contributed by atoms with Crippen LogP contribution in [0.5, 0.6) is 0 Å². The molecular weight excluding hydrogens is 386 g/mol. The fraction of sp³-hybridized carbons (Fsp3) is 0.118. The number of nitrogens with one attached hydrogen (secondary N) is 1. The number of aryl methyl sites for hydroxylation is 1. The molecule has 10 heteroatoms. The number of alkyl halides is 3. The van der Waals surface area contributed by atoms with Gasteiger partial charge in [0.25, 0.3) is 10.0 Å². The summed E-state index contributed by atoms with van der Waals surface area (Å²) in [5, 5.41) is 3.34. The molecule has 142 valence electrons. The average Bonchev–Trinajstić information content (AvgIpc) is 2.99. The first kappa shape index (κ1) is 18.9. The van der Waals surface area contributed by atoms with Crippen LogP contribution in [0.15, 0.2) is 59.5 Å². The van der Waals surface area contributed by atoms with Gasteiger partial charge in [-0.25, -0.2) is 4.39 Å². The van der Waals surface area contributed by atoms with E-state index in [1.807, 2.05) is 4.83 Å². The maximum Gasteiger partial charge on any atom is 0.435 e. The summed E-state index contributed by atoms with van der Waals surface area (Å²) >= 11 is 0. The number of sulfonamides is 1. The van der Waals surface area contributed by atoms with E-state index < -0.39 is 27.7 Å². The highest BCUT2D eigenvalue weighted by molar-refractivity contribution is 7.92. The molecule has 3 aromatic rings. The minimum atomic E-state index is -4.79. The molecule has 5 nitrogen and oxygen atoms in total. The van der Waals surface area contributed by atoms with Crippen molar-refractivity contribution in [3.05, 3.63) is 71.7 Å². The van der Waals surface area contributed by atoms with E-state index in [-0.39, 0.29) is 16.2 Å². The van der Waals surface area contributed by atoms with Crippen molar-refractivity contribution in [3.63, 3.8) is 0 Å². The summed E-state index contributed by atoms with van der Waals surface area (Å²) in [4.78, 5) is 2.41. The Morgan fingerprint density at radius 2 is 1.70 bits per heavy atom. The predicted octanol–water partition coefficient (Wildman–Crippen LogP) is 3.95. The van der Waals surface area contributed by atoms with E-state index in [4.69, 9.17) is 0 Å². The molecular formula is C17H13F4N3O2S. The van der Waals surface area contributed by atoms with Crippen LogP contribution in [-0.4, -0.2) is 18.3 Å². The highest BCUT2D eigenvalue weighted by atomic mass is 32.2. The van der Waals surface area contributed by atoms with Gasteiger partial charge in [0, 0.05) is 5.56 Å². The molecule has 0 bridgehead atoms. The van der Waals surface area contributed by atoms with Crippen LogP contribution in [0.2, 0.25) is 0 Å².